The molecule has 0 aliphatic carbocycles. The van der Waals surface area contributed by atoms with Gasteiger partial charge in [-0.15, -0.1) is 0 Å². The van der Waals surface area contributed by atoms with E-state index in [0.717, 1.165) is 4.90 Å². The largest absolute Gasteiger partial charge is 0.329 e. The lowest BCUT2D eigenvalue weighted by Crippen LogP contribution is -2.30. The van der Waals surface area contributed by atoms with Crippen LogP contribution >= 0.6 is 0 Å². The number of benzene rings is 1. The van der Waals surface area contributed by atoms with Crippen molar-refractivity contribution in [1.82, 2.24) is 5.32 Å². The maximum Gasteiger partial charge on any atom is 0.329 e. The number of carbonyl (C=O) groups is 2. The number of imide groups is 1. The molecule has 0 unspecified atom stereocenters. The van der Waals surface area contributed by atoms with Gasteiger partial charge in [-0.2, -0.15) is 0 Å². The molecule has 0 aromatic heterocycles. The smallest absolute Gasteiger partial charge is 0.328 e. The molecule has 13 heavy (non-hydrogen) atoms. The standard InChI is InChI=1S/C9H8N2O2/c12-8-6-10-9(13)11(8)7-4-2-1-3-5-7/h1-5H,6H2,(H,10,13). The molecular formula is C9H8N2O2. The summed E-state index contributed by atoms with van der Waals surface area (Å²) in [5, 5.41) is 2.46. The van der Waals surface area contributed by atoms with Crippen LogP contribution in [0.1, 0.15) is 0 Å². The van der Waals surface area contributed by atoms with Crippen LogP contribution in [-0.2, 0) is 4.79 Å². The lowest BCUT2D eigenvalue weighted by atomic mass is 10.3. The normalized spacial score (nSPS) is 16.2. The van der Waals surface area contributed by atoms with Crippen molar-refractivity contribution < 1.29 is 9.59 Å². The van der Waals surface area contributed by atoms with E-state index in [1.165, 1.54) is 0 Å². The second-order valence-electron chi connectivity index (χ2n) is 2.72. The third-order valence-corrected chi connectivity index (χ3v) is 1.86. The van der Waals surface area contributed by atoms with Crippen LogP contribution in [0.3, 0.4) is 0 Å². The fraction of sp³-hybridized carbons (Fsp3) is 0.111. The highest BCUT2D eigenvalue weighted by atomic mass is 16.2. The van der Waals surface area contributed by atoms with E-state index < -0.39 is 0 Å². The van der Waals surface area contributed by atoms with Crippen LogP contribution in [0.2, 0.25) is 0 Å². The average molecular weight is 176 g/mol. The molecule has 1 N–H and O–H groups in total. The van der Waals surface area contributed by atoms with Crippen molar-refractivity contribution >= 4 is 17.6 Å². The molecule has 0 radical (unpaired) electrons. The topological polar surface area (TPSA) is 49.4 Å². The van der Waals surface area contributed by atoms with Gasteiger partial charge in [-0.1, -0.05) is 18.2 Å². The molecule has 3 amide bonds. The van der Waals surface area contributed by atoms with Crippen molar-refractivity contribution in [3.63, 3.8) is 0 Å². The van der Waals surface area contributed by atoms with Crippen LogP contribution < -0.4 is 10.2 Å². The number of carbonyl (C=O) groups excluding carboxylic acids is 2. The minimum absolute atomic E-state index is 0.0910. The summed E-state index contributed by atoms with van der Waals surface area (Å²) in [5.41, 5.74) is 0.613. The first-order valence-corrected chi connectivity index (χ1v) is 3.95. The van der Waals surface area contributed by atoms with Gasteiger partial charge in [0.15, 0.2) is 0 Å². The summed E-state index contributed by atoms with van der Waals surface area (Å²) in [5.74, 6) is -0.212. The first-order valence-electron chi connectivity index (χ1n) is 3.95. The van der Waals surface area contributed by atoms with E-state index in [1.807, 2.05) is 6.07 Å². The quantitative estimate of drug-likeness (QED) is 0.641. The molecule has 0 spiro atoms. The molecule has 0 bridgehead atoms. The number of rotatable bonds is 1. The zero-order valence-corrected chi connectivity index (χ0v) is 6.86. The fourth-order valence-electron chi connectivity index (χ4n) is 1.26. The fourth-order valence-corrected chi connectivity index (χ4v) is 1.26. The molecule has 1 heterocycles. The van der Waals surface area contributed by atoms with Gasteiger partial charge in [0, 0.05) is 0 Å². The highest BCUT2D eigenvalue weighted by Crippen LogP contribution is 2.15. The predicted molar refractivity (Wildman–Crippen MR) is 47.3 cm³/mol. The molecule has 0 saturated carbocycles. The van der Waals surface area contributed by atoms with Gasteiger partial charge in [-0.25, -0.2) is 9.69 Å². The molecule has 2 rings (SSSR count). The van der Waals surface area contributed by atoms with Crippen LogP contribution in [-0.4, -0.2) is 18.5 Å². The highest BCUT2D eigenvalue weighted by Gasteiger charge is 2.29. The average Bonchev–Trinajstić information content (AvgIpc) is 2.48. The summed E-state index contributed by atoms with van der Waals surface area (Å²) in [4.78, 5) is 23.5. The summed E-state index contributed by atoms with van der Waals surface area (Å²) >= 11 is 0. The Morgan fingerprint density at radius 2 is 1.85 bits per heavy atom. The first kappa shape index (κ1) is 7.79. The summed E-state index contributed by atoms with van der Waals surface area (Å²) in [6.45, 7) is 0.0910. The monoisotopic (exact) mass is 176 g/mol. The van der Waals surface area contributed by atoms with Gasteiger partial charge in [-0.3, -0.25) is 4.79 Å². The summed E-state index contributed by atoms with van der Waals surface area (Å²) in [6.07, 6.45) is 0. The third kappa shape index (κ3) is 1.26. The molecule has 66 valence electrons. The number of para-hydroxylation sites is 1. The Morgan fingerprint density at radius 3 is 2.38 bits per heavy atom. The molecule has 1 saturated heterocycles. The molecular weight excluding hydrogens is 168 g/mol. The van der Waals surface area contributed by atoms with Crippen LogP contribution in [0, 0.1) is 0 Å². The van der Waals surface area contributed by atoms with Gasteiger partial charge in [0.2, 0.25) is 0 Å². The van der Waals surface area contributed by atoms with Crippen molar-refractivity contribution in [2.45, 2.75) is 0 Å². The summed E-state index contributed by atoms with van der Waals surface area (Å²) < 4.78 is 0. The van der Waals surface area contributed by atoms with E-state index in [4.69, 9.17) is 0 Å². The van der Waals surface area contributed by atoms with E-state index in [-0.39, 0.29) is 18.5 Å². The lowest BCUT2D eigenvalue weighted by molar-refractivity contribution is -0.115. The zero-order valence-electron chi connectivity index (χ0n) is 6.86. The molecule has 4 heteroatoms. The molecule has 1 aromatic carbocycles. The number of anilines is 1. The first-order chi connectivity index (χ1) is 6.29. The van der Waals surface area contributed by atoms with Crippen molar-refractivity contribution in [3.05, 3.63) is 30.3 Å². The SMILES string of the molecule is O=C1CNC(=O)N1c1ccccc1. The van der Waals surface area contributed by atoms with E-state index >= 15 is 0 Å². The van der Waals surface area contributed by atoms with Gasteiger partial charge in [0.05, 0.1) is 12.2 Å². The predicted octanol–water partition coefficient (Wildman–Crippen LogP) is 0.743. The second kappa shape index (κ2) is 2.90. The Kier molecular flexibility index (Phi) is 1.73. The van der Waals surface area contributed by atoms with Gasteiger partial charge in [0.1, 0.15) is 0 Å². The Balaban J connectivity index is 2.36. The van der Waals surface area contributed by atoms with Gasteiger partial charge in [-0.05, 0) is 12.1 Å². The number of amides is 3. The second-order valence-corrected chi connectivity index (χ2v) is 2.72. The molecule has 0 atom stereocenters. The van der Waals surface area contributed by atoms with Gasteiger partial charge in [0.25, 0.3) is 5.91 Å². The number of urea groups is 1. The van der Waals surface area contributed by atoms with E-state index in [0.29, 0.717) is 5.69 Å². The third-order valence-electron chi connectivity index (χ3n) is 1.86. The lowest BCUT2D eigenvalue weighted by Gasteiger charge is -2.11. The minimum atomic E-state index is -0.351. The number of hydrogen-bond donors (Lipinski definition) is 1. The maximum absolute atomic E-state index is 11.2. The van der Waals surface area contributed by atoms with Crippen molar-refractivity contribution in [3.8, 4) is 0 Å². The van der Waals surface area contributed by atoms with Crippen molar-refractivity contribution in [2.75, 3.05) is 11.4 Å². The van der Waals surface area contributed by atoms with Crippen LogP contribution in [0.25, 0.3) is 0 Å². The number of hydrogen-bond acceptors (Lipinski definition) is 2. The highest BCUT2D eigenvalue weighted by molar-refractivity contribution is 6.19. The Hall–Kier alpha value is -1.84. The molecule has 1 aliphatic rings. The molecule has 1 fully saturated rings. The van der Waals surface area contributed by atoms with Gasteiger partial charge < -0.3 is 5.32 Å². The molecule has 4 nitrogen and oxygen atoms in total. The Morgan fingerprint density at radius 1 is 1.15 bits per heavy atom. The Bertz CT molecular complexity index is 332. The van der Waals surface area contributed by atoms with E-state index in [2.05, 4.69) is 5.32 Å². The van der Waals surface area contributed by atoms with Crippen LogP contribution in [0.15, 0.2) is 30.3 Å². The summed E-state index contributed by atoms with van der Waals surface area (Å²) in [6, 6.07) is 8.51. The van der Waals surface area contributed by atoms with Crippen LogP contribution in [0.5, 0.6) is 0 Å². The van der Waals surface area contributed by atoms with Crippen LogP contribution in [0.4, 0.5) is 10.5 Å². The van der Waals surface area contributed by atoms with E-state index in [1.54, 1.807) is 24.3 Å². The molecule has 1 aromatic rings. The summed E-state index contributed by atoms with van der Waals surface area (Å²) in [7, 11) is 0. The van der Waals surface area contributed by atoms with E-state index in [9.17, 15) is 9.59 Å². The number of nitrogens with one attached hydrogen (secondary N) is 1. The van der Waals surface area contributed by atoms with Crippen molar-refractivity contribution in [2.24, 2.45) is 0 Å². The van der Waals surface area contributed by atoms with Gasteiger partial charge >= 0.3 is 6.03 Å². The maximum atomic E-state index is 11.2. The van der Waals surface area contributed by atoms with Crippen molar-refractivity contribution in [1.29, 1.82) is 0 Å². The Labute approximate surface area is 75.2 Å². The molecule has 1 aliphatic heterocycles. The zero-order chi connectivity index (χ0) is 9.26. The number of nitrogens with zero attached hydrogens (tertiary/aromatic N) is 1. The minimum Gasteiger partial charge on any atom is -0.328 e.